The SMILES string of the molecule is CCc1c2c(nc3ccc(OC(=O)OC(C)(C)C)cc13)/C(=C/C(=C(\C=O)COC)C(C=O)CC)N(C)C2. The van der Waals surface area contributed by atoms with E-state index < -0.39 is 17.7 Å². The first kappa shape index (κ1) is 28.1. The lowest BCUT2D eigenvalue weighted by Gasteiger charge is -2.19. The van der Waals surface area contributed by atoms with Crippen LogP contribution in [0.1, 0.15) is 57.9 Å². The number of fused-ring (bicyclic) bond motifs is 2. The number of methoxy groups -OCH3 is 1. The summed E-state index contributed by atoms with van der Waals surface area (Å²) >= 11 is 0. The van der Waals surface area contributed by atoms with Crippen molar-refractivity contribution in [1.29, 1.82) is 0 Å². The Morgan fingerprint density at radius 3 is 2.51 bits per heavy atom. The van der Waals surface area contributed by atoms with Gasteiger partial charge in [0.05, 0.1) is 23.5 Å². The van der Waals surface area contributed by atoms with Gasteiger partial charge in [0, 0.05) is 43.1 Å². The van der Waals surface area contributed by atoms with Gasteiger partial charge in [-0.15, -0.1) is 0 Å². The van der Waals surface area contributed by atoms with E-state index in [9.17, 15) is 14.4 Å². The van der Waals surface area contributed by atoms with Crippen LogP contribution in [0.5, 0.6) is 5.75 Å². The molecule has 1 aliphatic heterocycles. The average molecular weight is 509 g/mol. The Balaban J connectivity index is 2.14. The van der Waals surface area contributed by atoms with Crippen LogP contribution in [0, 0.1) is 5.92 Å². The summed E-state index contributed by atoms with van der Waals surface area (Å²) in [5.41, 5.74) is 5.01. The minimum Gasteiger partial charge on any atom is -0.428 e. The Bertz CT molecular complexity index is 1260. The molecular weight excluding hydrogens is 472 g/mol. The molecule has 2 aromatic rings. The molecule has 0 saturated heterocycles. The number of aromatic nitrogens is 1. The number of rotatable bonds is 9. The summed E-state index contributed by atoms with van der Waals surface area (Å²) < 4.78 is 15.9. The largest absolute Gasteiger partial charge is 0.514 e. The second kappa shape index (κ2) is 11.7. The molecule has 1 aromatic heterocycles. The van der Waals surface area contributed by atoms with E-state index in [-0.39, 0.29) is 6.61 Å². The molecule has 198 valence electrons. The molecule has 0 radical (unpaired) electrons. The lowest BCUT2D eigenvalue weighted by Crippen LogP contribution is -2.25. The molecule has 2 heterocycles. The van der Waals surface area contributed by atoms with Crippen LogP contribution in [0.3, 0.4) is 0 Å². The third kappa shape index (κ3) is 6.25. The number of ether oxygens (including phenoxy) is 3. The van der Waals surface area contributed by atoms with Crippen molar-refractivity contribution in [2.45, 2.75) is 59.6 Å². The predicted molar refractivity (Wildman–Crippen MR) is 142 cm³/mol. The Morgan fingerprint density at radius 1 is 1.22 bits per heavy atom. The van der Waals surface area contributed by atoms with Crippen LogP contribution < -0.4 is 4.74 Å². The smallest absolute Gasteiger partial charge is 0.428 e. The molecule has 0 N–H and O–H groups in total. The second-order valence-corrected chi connectivity index (χ2v) is 10.1. The van der Waals surface area contributed by atoms with Crippen LogP contribution >= 0.6 is 0 Å². The van der Waals surface area contributed by atoms with E-state index in [0.29, 0.717) is 29.9 Å². The van der Waals surface area contributed by atoms with Crippen LogP contribution in [-0.4, -0.2) is 55.0 Å². The maximum Gasteiger partial charge on any atom is 0.514 e. The van der Waals surface area contributed by atoms with Crippen LogP contribution in [0.2, 0.25) is 0 Å². The minimum absolute atomic E-state index is 0.120. The molecule has 0 saturated carbocycles. The Labute approximate surface area is 218 Å². The molecule has 1 aliphatic rings. The van der Waals surface area contributed by atoms with E-state index in [0.717, 1.165) is 52.4 Å². The zero-order valence-electron chi connectivity index (χ0n) is 22.7. The lowest BCUT2D eigenvalue weighted by atomic mass is 9.92. The fraction of sp³-hybridized carbons (Fsp3) is 0.448. The van der Waals surface area contributed by atoms with Gasteiger partial charge in [0.1, 0.15) is 23.9 Å². The molecule has 8 nitrogen and oxygen atoms in total. The fourth-order valence-corrected chi connectivity index (χ4v) is 4.56. The normalized spacial score (nSPS) is 15.9. The molecular formula is C29H36N2O6. The quantitative estimate of drug-likeness (QED) is 0.196. The molecule has 3 rings (SSSR count). The molecule has 0 fully saturated rings. The van der Waals surface area contributed by atoms with E-state index in [1.807, 2.05) is 32.2 Å². The van der Waals surface area contributed by atoms with E-state index in [4.69, 9.17) is 19.2 Å². The van der Waals surface area contributed by atoms with Crippen molar-refractivity contribution in [3.05, 3.63) is 52.2 Å². The van der Waals surface area contributed by atoms with Gasteiger partial charge in [-0.1, -0.05) is 13.8 Å². The maximum atomic E-state index is 12.2. The number of hydrogen-bond acceptors (Lipinski definition) is 8. The summed E-state index contributed by atoms with van der Waals surface area (Å²) in [6.07, 6.45) is 4.08. The van der Waals surface area contributed by atoms with Gasteiger partial charge in [-0.05, 0) is 69.0 Å². The van der Waals surface area contributed by atoms with Crippen molar-refractivity contribution < 1.29 is 28.6 Å². The molecule has 1 aromatic carbocycles. The van der Waals surface area contributed by atoms with Gasteiger partial charge in [0.2, 0.25) is 0 Å². The zero-order chi connectivity index (χ0) is 27.3. The number of carbonyl (C=O) groups excluding carboxylic acids is 3. The first-order chi connectivity index (χ1) is 17.6. The Morgan fingerprint density at radius 2 is 1.95 bits per heavy atom. The molecule has 37 heavy (non-hydrogen) atoms. The minimum atomic E-state index is -0.758. The number of aldehydes is 2. The highest BCUT2D eigenvalue weighted by Crippen LogP contribution is 2.38. The van der Waals surface area contributed by atoms with Crippen molar-refractivity contribution in [2.24, 2.45) is 5.92 Å². The number of carbonyl (C=O) groups is 3. The fourth-order valence-electron chi connectivity index (χ4n) is 4.56. The summed E-state index contributed by atoms with van der Waals surface area (Å²) in [4.78, 5) is 43.0. The predicted octanol–water partition coefficient (Wildman–Crippen LogP) is 5.26. The van der Waals surface area contributed by atoms with Gasteiger partial charge in [-0.3, -0.25) is 4.79 Å². The highest BCUT2D eigenvalue weighted by atomic mass is 16.7. The molecule has 0 spiro atoms. The first-order valence-corrected chi connectivity index (χ1v) is 12.5. The van der Waals surface area contributed by atoms with E-state index in [1.165, 1.54) is 7.11 Å². The number of allylic oxidation sites excluding steroid dienone is 2. The number of pyridine rings is 1. The van der Waals surface area contributed by atoms with Crippen molar-refractivity contribution in [3.8, 4) is 5.75 Å². The van der Waals surface area contributed by atoms with Gasteiger partial charge >= 0.3 is 6.16 Å². The number of hydrogen-bond donors (Lipinski definition) is 0. The van der Waals surface area contributed by atoms with Gasteiger partial charge < -0.3 is 23.9 Å². The highest BCUT2D eigenvalue weighted by Gasteiger charge is 2.28. The third-order valence-electron chi connectivity index (χ3n) is 6.28. The molecule has 1 unspecified atom stereocenters. The Kier molecular flexibility index (Phi) is 8.86. The summed E-state index contributed by atoms with van der Waals surface area (Å²) in [6.45, 7) is 10.1. The maximum absolute atomic E-state index is 12.2. The summed E-state index contributed by atoms with van der Waals surface area (Å²) in [6, 6.07) is 5.34. The number of aryl methyl sites for hydroxylation is 1. The summed E-state index contributed by atoms with van der Waals surface area (Å²) in [5, 5.41) is 0.903. The van der Waals surface area contributed by atoms with Crippen molar-refractivity contribution >= 4 is 35.3 Å². The molecule has 1 atom stereocenters. The van der Waals surface area contributed by atoms with Crippen molar-refractivity contribution in [3.63, 3.8) is 0 Å². The van der Waals surface area contributed by atoms with Gasteiger partial charge in [-0.25, -0.2) is 9.78 Å². The molecule has 8 heteroatoms. The average Bonchev–Trinajstić information content (AvgIpc) is 3.14. The monoisotopic (exact) mass is 508 g/mol. The van der Waals surface area contributed by atoms with E-state index in [2.05, 4.69) is 11.8 Å². The molecule has 0 bridgehead atoms. The molecule has 0 amide bonds. The second-order valence-electron chi connectivity index (χ2n) is 10.1. The zero-order valence-corrected chi connectivity index (χ0v) is 22.7. The van der Waals surface area contributed by atoms with Crippen LogP contribution in [-0.2, 0) is 32.0 Å². The topological polar surface area (TPSA) is 95.0 Å². The van der Waals surface area contributed by atoms with Gasteiger partial charge in [-0.2, -0.15) is 0 Å². The summed E-state index contributed by atoms with van der Waals surface area (Å²) in [7, 11) is 3.49. The van der Waals surface area contributed by atoms with Crippen molar-refractivity contribution in [2.75, 3.05) is 20.8 Å². The number of benzene rings is 1. The van der Waals surface area contributed by atoms with Crippen LogP contribution in [0.4, 0.5) is 4.79 Å². The highest BCUT2D eigenvalue weighted by molar-refractivity contribution is 5.90. The van der Waals surface area contributed by atoms with E-state index in [1.54, 1.807) is 26.8 Å². The van der Waals surface area contributed by atoms with Crippen molar-refractivity contribution in [1.82, 2.24) is 9.88 Å². The van der Waals surface area contributed by atoms with E-state index >= 15 is 0 Å². The molecule has 0 aliphatic carbocycles. The standard InChI is InChI=1S/C29H36N2O6/c1-8-18(15-32)22(19(16-33)17-35-7)13-26-27-24(14-31(26)6)21(9-2)23-12-20(10-11-25(23)30-27)36-28(34)37-29(3,4)5/h10-13,15-16,18H,8-9,14,17H2,1-7H3/b22-19-,26-13-. The third-order valence-corrected chi connectivity index (χ3v) is 6.28. The van der Waals surface area contributed by atoms with Crippen LogP contribution in [0.15, 0.2) is 35.4 Å². The van der Waals surface area contributed by atoms with Crippen LogP contribution in [0.25, 0.3) is 16.6 Å². The van der Waals surface area contributed by atoms with Gasteiger partial charge in [0.25, 0.3) is 0 Å². The van der Waals surface area contributed by atoms with Gasteiger partial charge in [0.15, 0.2) is 0 Å². The lowest BCUT2D eigenvalue weighted by molar-refractivity contribution is -0.110. The summed E-state index contributed by atoms with van der Waals surface area (Å²) in [5.74, 6) is -0.0449. The first-order valence-electron chi connectivity index (χ1n) is 12.5. The Hall–Kier alpha value is -3.52. The number of nitrogens with zero attached hydrogens (tertiary/aromatic N) is 2.